The maximum atomic E-state index is 5.99. The predicted octanol–water partition coefficient (Wildman–Crippen LogP) is 5.97. The molecule has 1 fully saturated rings. The third kappa shape index (κ3) is 3.18. The number of anilines is 1. The number of benzene rings is 2. The van der Waals surface area contributed by atoms with Gasteiger partial charge in [-0.15, -0.1) is 0 Å². The van der Waals surface area contributed by atoms with Crippen LogP contribution in [-0.4, -0.2) is 0 Å². The molecule has 3 rings (SSSR count). The van der Waals surface area contributed by atoms with Crippen LogP contribution in [0.25, 0.3) is 0 Å². The standard InChI is InChI=1S/C17H17BrClN/c1-11-2-7-14(18)10-16(11)20-17(12-3-4-12)13-5-8-15(19)9-6-13/h2,5-10,12,17,20H,3-4H2,1H3. The van der Waals surface area contributed by atoms with Crippen LogP contribution >= 0.6 is 27.5 Å². The summed E-state index contributed by atoms with van der Waals surface area (Å²) in [4.78, 5) is 0. The van der Waals surface area contributed by atoms with Crippen LogP contribution in [0.15, 0.2) is 46.9 Å². The molecule has 0 amide bonds. The number of hydrogen-bond acceptors (Lipinski definition) is 1. The van der Waals surface area contributed by atoms with Gasteiger partial charge < -0.3 is 5.32 Å². The van der Waals surface area contributed by atoms with Crippen molar-refractivity contribution in [2.75, 3.05) is 5.32 Å². The van der Waals surface area contributed by atoms with Gasteiger partial charge in [-0.25, -0.2) is 0 Å². The Morgan fingerprint density at radius 2 is 1.85 bits per heavy atom. The quantitative estimate of drug-likeness (QED) is 0.716. The van der Waals surface area contributed by atoms with E-state index in [-0.39, 0.29) is 0 Å². The number of halogens is 2. The zero-order valence-corrected chi connectivity index (χ0v) is 13.7. The molecule has 1 aliphatic carbocycles. The lowest BCUT2D eigenvalue weighted by atomic mass is 10.0. The Morgan fingerprint density at radius 3 is 2.50 bits per heavy atom. The van der Waals surface area contributed by atoms with Crippen LogP contribution in [0.1, 0.15) is 30.0 Å². The molecule has 0 bridgehead atoms. The van der Waals surface area contributed by atoms with Gasteiger partial charge in [0.25, 0.3) is 0 Å². The SMILES string of the molecule is Cc1ccc(Br)cc1NC(c1ccc(Cl)cc1)C1CC1. The van der Waals surface area contributed by atoms with Crippen LogP contribution in [0.3, 0.4) is 0 Å². The number of nitrogens with one attached hydrogen (secondary N) is 1. The molecule has 2 aromatic rings. The number of rotatable bonds is 4. The molecule has 3 heteroatoms. The number of aryl methyl sites for hydroxylation is 1. The van der Waals surface area contributed by atoms with Crippen LogP contribution in [0.2, 0.25) is 5.02 Å². The highest BCUT2D eigenvalue weighted by molar-refractivity contribution is 9.10. The Labute approximate surface area is 133 Å². The van der Waals surface area contributed by atoms with Gasteiger partial charge >= 0.3 is 0 Å². The van der Waals surface area contributed by atoms with Crippen molar-refractivity contribution in [2.24, 2.45) is 5.92 Å². The molecule has 0 spiro atoms. The highest BCUT2D eigenvalue weighted by Crippen LogP contribution is 2.43. The average molecular weight is 351 g/mol. The van der Waals surface area contributed by atoms with Gasteiger partial charge in [0, 0.05) is 15.2 Å². The van der Waals surface area contributed by atoms with Crippen LogP contribution in [0.4, 0.5) is 5.69 Å². The van der Waals surface area contributed by atoms with E-state index in [1.165, 1.54) is 29.7 Å². The normalized spacial score (nSPS) is 15.9. The van der Waals surface area contributed by atoms with Crippen LogP contribution < -0.4 is 5.32 Å². The Balaban J connectivity index is 1.88. The summed E-state index contributed by atoms with van der Waals surface area (Å²) in [7, 11) is 0. The van der Waals surface area contributed by atoms with Crippen molar-refractivity contribution in [1.82, 2.24) is 0 Å². The van der Waals surface area contributed by atoms with E-state index in [2.05, 4.69) is 58.5 Å². The van der Waals surface area contributed by atoms with E-state index in [0.717, 1.165) is 15.4 Å². The van der Waals surface area contributed by atoms with Gasteiger partial charge in [0.1, 0.15) is 0 Å². The molecule has 0 saturated heterocycles. The van der Waals surface area contributed by atoms with Gasteiger partial charge in [0.15, 0.2) is 0 Å². The second kappa shape index (κ2) is 5.79. The van der Waals surface area contributed by atoms with Crippen molar-refractivity contribution in [1.29, 1.82) is 0 Å². The Morgan fingerprint density at radius 1 is 1.15 bits per heavy atom. The molecule has 1 nitrogen and oxygen atoms in total. The van der Waals surface area contributed by atoms with Gasteiger partial charge in [-0.05, 0) is 61.1 Å². The van der Waals surface area contributed by atoms with Gasteiger partial charge in [0.2, 0.25) is 0 Å². The molecule has 0 aliphatic heterocycles. The highest BCUT2D eigenvalue weighted by atomic mass is 79.9. The predicted molar refractivity (Wildman–Crippen MR) is 89.4 cm³/mol. The van der Waals surface area contributed by atoms with Crippen LogP contribution in [-0.2, 0) is 0 Å². The summed E-state index contributed by atoms with van der Waals surface area (Å²) >= 11 is 9.54. The topological polar surface area (TPSA) is 12.0 Å². The average Bonchev–Trinajstić information content (AvgIpc) is 3.25. The second-order valence-electron chi connectivity index (χ2n) is 5.47. The van der Waals surface area contributed by atoms with Gasteiger partial charge in [-0.3, -0.25) is 0 Å². The molecule has 0 heterocycles. The van der Waals surface area contributed by atoms with Crippen LogP contribution in [0.5, 0.6) is 0 Å². The molecule has 1 unspecified atom stereocenters. The summed E-state index contributed by atoms with van der Waals surface area (Å²) in [6.07, 6.45) is 2.60. The van der Waals surface area contributed by atoms with Crippen molar-refractivity contribution < 1.29 is 0 Å². The third-order valence-electron chi connectivity index (χ3n) is 3.83. The zero-order chi connectivity index (χ0) is 14.1. The molecule has 1 atom stereocenters. The summed E-state index contributed by atoms with van der Waals surface area (Å²) in [6, 6.07) is 15.0. The lowest BCUT2D eigenvalue weighted by Gasteiger charge is -2.22. The van der Waals surface area contributed by atoms with Crippen molar-refractivity contribution in [2.45, 2.75) is 25.8 Å². The second-order valence-corrected chi connectivity index (χ2v) is 6.82. The van der Waals surface area contributed by atoms with Gasteiger partial charge in [-0.1, -0.05) is 45.7 Å². The third-order valence-corrected chi connectivity index (χ3v) is 4.58. The summed E-state index contributed by atoms with van der Waals surface area (Å²) in [6.45, 7) is 2.14. The summed E-state index contributed by atoms with van der Waals surface area (Å²) < 4.78 is 1.11. The molecule has 20 heavy (non-hydrogen) atoms. The fraction of sp³-hybridized carbons (Fsp3) is 0.294. The van der Waals surface area contributed by atoms with Crippen molar-refractivity contribution in [3.8, 4) is 0 Å². The lowest BCUT2D eigenvalue weighted by Crippen LogP contribution is -2.13. The molecule has 0 aromatic heterocycles. The van der Waals surface area contributed by atoms with E-state index < -0.39 is 0 Å². The first kappa shape index (κ1) is 14.0. The van der Waals surface area contributed by atoms with Gasteiger partial charge in [0.05, 0.1) is 6.04 Å². The van der Waals surface area contributed by atoms with E-state index in [1.807, 2.05) is 12.1 Å². The fourth-order valence-electron chi connectivity index (χ4n) is 2.49. The van der Waals surface area contributed by atoms with E-state index in [4.69, 9.17) is 11.6 Å². The minimum atomic E-state index is 0.375. The summed E-state index contributed by atoms with van der Waals surface area (Å²) in [5.74, 6) is 0.731. The molecule has 1 N–H and O–H groups in total. The van der Waals surface area contributed by atoms with E-state index in [1.54, 1.807) is 0 Å². The maximum absolute atomic E-state index is 5.99. The first-order valence-electron chi connectivity index (χ1n) is 6.91. The number of hydrogen-bond donors (Lipinski definition) is 1. The molecule has 1 saturated carbocycles. The first-order valence-corrected chi connectivity index (χ1v) is 8.09. The van der Waals surface area contributed by atoms with E-state index in [9.17, 15) is 0 Å². The van der Waals surface area contributed by atoms with Crippen molar-refractivity contribution in [3.63, 3.8) is 0 Å². The summed E-state index contributed by atoms with van der Waals surface area (Å²) in [5, 5.41) is 4.51. The van der Waals surface area contributed by atoms with E-state index >= 15 is 0 Å². The Kier molecular flexibility index (Phi) is 4.04. The Hall–Kier alpha value is -0.990. The highest BCUT2D eigenvalue weighted by Gasteiger charge is 2.32. The smallest absolute Gasteiger partial charge is 0.0542 e. The monoisotopic (exact) mass is 349 g/mol. The molecule has 104 valence electrons. The minimum absolute atomic E-state index is 0.375. The van der Waals surface area contributed by atoms with Crippen molar-refractivity contribution >= 4 is 33.2 Å². The summed E-state index contributed by atoms with van der Waals surface area (Å²) in [5.41, 5.74) is 3.79. The lowest BCUT2D eigenvalue weighted by molar-refractivity contribution is 0.678. The molecule has 1 aliphatic rings. The maximum Gasteiger partial charge on any atom is 0.0542 e. The fourth-order valence-corrected chi connectivity index (χ4v) is 2.98. The molecule has 2 aromatic carbocycles. The van der Waals surface area contributed by atoms with E-state index in [0.29, 0.717) is 6.04 Å². The zero-order valence-electron chi connectivity index (χ0n) is 11.4. The first-order chi connectivity index (χ1) is 9.63. The van der Waals surface area contributed by atoms with Crippen molar-refractivity contribution in [3.05, 3.63) is 63.1 Å². The Bertz CT molecular complexity index is 605. The molecular weight excluding hydrogens is 334 g/mol. The molecule has 0 radical (unpaired) electrons. The minimum Gasteiger partial charge on any atom is -0.378 e. The largest absolute Gasteiger partial charge is 0.378 e. The van der Waals surface area contributed by atoms with Gasteiger partial charge in [-0.2, -0.15) is 0 Å². The van der Waals surface area contributed by atoms with Crippen LogP contribution in [0, 0.1) is 12.8 Å². The molecular formula is C17H17BrClN.